The summed E-state index contributed by atoms with van der Waals surface area (Å²) in [7, 11) is 1.79. The summed E-state index contributed by atoms with van der Waals surface area (Å²) >= 11 is 1.63. The standard InChI is InChI=1S/C16H23N3O2S/c1-3-8-19(10-14-5-4-9-22-14)16(21)12-18(2)11-15(20)17-13-6-7-13/h3-5,9,13H,1,6-8,10-12H2,2H3,(H,17,20). The molecule has 1 aliphatic rings. The molecular weight excluding hydrogens is 298 g/mol. The van der Waals surface area contributed by atoms with Crippen LogP contribution in [0.2, 0.25) is 0 Å². The van der Waals surface area contributed by atoms with Gasteiger partial charge in [0.15, 0.2) is 0 Å². The van der Waals surface area contributed by atoms with E-state index in [1.807, 2.05) is 17.5 Å². The maximum absolute atomic E-state index is 12.4. The molecule has 0 aromatic carbocycles. The van der Waals surface area contributed by atoms with Gasteiger partial charge in [-0.3, -0.25) is 14.5 Å². The van der Waals surface area contributed by atoms with Crippen molar-refractivity contribution in [3.63, 3.8) is 0 Å². The maximum Gasteiger partial charge on any atom is 0.237 e. The van der Waals surface area contributed by atoms with Gasteiger partial charge in [0, 0.05) is 17.5 Å². The van der Waals surface area contributed by atoms with E-state index >= 15 is 0 Å². The molecule has 6 heteroatoms. The highest BCUT2D eigenvalue weighted by molar-refractivity contribution is 7.09. The van der Waals surface area contributed by atoms with Crippen LogP contribution in [0.1, 0.15) is 17.7 Å². The van der Waals surface area contributed by atoms with Crippen molar-refractivity contribution >= 4 is 23.2 Å². The van der Waals surface area contributed by atoms with Crippen LogP contribution in [0.15, 0.2) is 30.2 Å². The molecule has 0 bridgehead atoms. The third-order valence-corrected chi connectivity index (χ3v) is 4.25. The summed E-state index contributed by atoms with van der Waals surface area (Å²) in [5, 5.41) is 4.93. The fourth-order valence-electron chi connectivity index (χ4n) is 2.13. The number of hydrogen-bond acceptors (Lipinski definition) is 4. The number of amides is 2. The minimum absolute atomic E-state index is 0.00803. The van der Waals surface area contributed by atoms with Crippen LogP contribution in [0.3, 0.4) is 0 Å². The number of thiophene rings is 1. The Morgan fingerprint density at radius 1 is 1.45 bits per heavy atom. The Balaban J connectivity index is 1.80. The molecule has 1 saturated carbocycles. The predicted octanol–water partition coefficient (Wildman–Crippen LogP) is 1.47. The van der Waals surface area contributed by atoms with E-state index in [1.54, 1.807) is 34.3 Å². The third kappa shape index (κ3) is 5.61. The van der Waals surface area contributed by atoms with E-state index in [4.69, 9.17) is 0 Å². The Kier molecular flexibility index (Phi) is 6.15. The summed E-state index contributed by atoms with van der Waals surface area (Å²) in [6.07, 6.45) is 3.87. The van der Waals surface area contributed by atoms with Crippen molar-refractivity contribution in [3.8, 4) is 0 Å². The minimum Gasteiger partial charge on any atom is -0.352 e. The number of carbonyl (C=O) groups is 2. The van der Waals surface area contributed by atoms with Gasteiger partial charge in [0.05, 0.1) is 19.6 Å². The lowest BCUT2D eigenvalue weighted by Gasteiger charge is -2.24. The lowest BCUT2D eigenvalue weighted by Crippen LogP contribution is -2.42. The largest absolute Gasteiger partial charge is 0.352 e. The quantitative estimate of drug-likeness (QED) is 0.701. The van der Waals surface area contributed by atoms with Crippen molar-refractivity contribution in [2.45, 2.75) is 25.4 Å². The number of carbonyl (C=O) groups excluding carboxylic acids is 2. The van der Waals surface area contributed by atoms with Crippen molar-refractivity contribution in [2.75, 3.05) is 26.7 Å². The van der Waals surface area contributed by atoms with Crippen LogP contribution in [0, 0.1) is 0 Å². The minimum atomic E-state index is -0.00803. The Labute approximate surface area is 135 Å². The van der Waals surface area contributed by atoms with Crippen molar-refractivity contribution in [3.05, 3.63) is 35.0 Å². The van der Waals surface area contributed by atoms with Gasteiger partial charge in [0.2, 0.25) is 11.8 Å². The van der Waals surface area contributed by atoms with Crippen molar-refractivity contribution in [2.24, 2.45) is 0 Å². The normalized spacial score (nSPS) is 13.9. The molecule has 2 amide bonds. The van der Waals surface area contributed by atoms with Crippen LogP contribution in [0.25, 0.3) is 0 Å². The van der Waals surface area contributed by atoms with Gasteiger partial charge in [-0.2, -0.15) is 0 Å². The molecule has 0 aliphatic heterocycles. The van der Waals surface area contributed by atoms with Gasteiger partial charge < -0.3 is 10.2 Å². The van der Waals surface area contributed by atoms with E-state index in [0.717, 1.165) is 17.7 Å². The van der Waals surface area contributed by atoms with Crippen molar-refractivity contribution in [1.82, 2.24) is 15.1 Å². The summed E-state index contributed by atoms with van der Waals surface area (Å²) in [6, 6.07) is 4.35. The topological polar surface area (TPSA) is 52.7 Å². The fraction of sp³-hybridized carbons (Fsp3) is 0.500. The average Bonchev–Trinajstić information content (AvgIpc) is 3.11. The Morgan fingerprint density at radius 2 is 2.23 bits per heavy atom. The number of nitrogens with zero attached hydrogens (tertiary/aromatic N) is 2. The average molecular weight is 321 g/mol. The van der Waals surface area contributed by atoms with E-state index in [0.29, 0.717) is 19.1 Å². The third-order valence-electron chi connectivity index (χ3n) is 3.39. The van der Waals surface area contributed by atoms with Crippen LogP contribution < -0.4 is 5.32 Å². The monoisotopic (exact) mass is 321 g/mol. The molecule has 22 heavy (non-hydrogen) atoms. The lowest BCUT2D eigenvalue weighted by molar-refractivity contribution is -0.132. The second-order valence-electron chi connectivity index (χ2n) is 5.66. The molecule has 5 nitrogen and oxygen atoms in total. The van der Waals surface area contributed by atoms with E-state index in [-0.39, 0.29) is 24.9 Å². The van der Waals surface area contributed by atoms with E-state index < -0.39 is 0 Å². The van der Waals surface area contributed by atoms with Gasteiger partial charge >= 0.3 is 0 Å². The first-order chi connectivity index (χ1) is 10.6. The molecule has 1 aromatic rings. The summed E-state index contributed by atoms with van der Waals surface area (Å²) in [4.78, 5) is 28.8. The van der Waals surface area contributed by atoms with E-state index in [9.17, 15) is 9.59 Å². The van der Waals surface area contributed by atoms with Crippen LogP contribution >= 0.6 is 11.3 Å². The molecule has 0 unspecified atom stereocenters. The highest BCUT2D eigenvalue weighted by atomic mass is 32.1. The number of nitrogens with one attached hydrogen (secondary N) is 1. The highest BCUT2D eigenvalue weighted by Gasteiger charge is 2.24. The Morgan fingerprint density at radius 3 is 2.82 bits per heavy atom. The molecule has 1 aliphatic carbocycles. The lowest BCUT2D eigenvalue weighted by atomic mass is 10.3. The fourth-order valence-corrected chi connectivity index (χ4v) is 2.85. The molecule has 0 saturated heterocycles. The smallest absolute Gasteiger partial charge is 0.237 e. The van der Waals surface area contributed by atoms with Crippen LogP contribution in [-0.2, 0) is 16.1 Å². The highest BCUT2D eigenvalue weighted by Crippen LogP contribution is 2.18. The molecule has 1 N–H and O–H groups in total. The second kappa shape index (κ2) is 8.10. The SMILES string of the molecule is C=CCN(Cc1cccs1)C(=O)CN(C)CC(=O)NC1CC1. The zero-order chi connectivity index (χ0) is 15.9. The van der Waals surface area contributed by atoms with Crippen LogP contribution in [0.4, 0.5) is 0 Å². The van der Waals surface area contributed by atoms with E-state index in [1.165, 1.54) is 0 Å². The zero-order valence-electron chi connectivity index (χ0n) is 13.0. The van der Waals surface area contributed by atoms with Crippen LogP contribution in [0.5, 0.6) is 0 Å². The van der Waals surface area contributed by atoms with Gasteiger partial charge in [-0.15, -0.1) is 17.9 Å². The zero-order valence-corrected chi connectivity index (χ0v) is 13.8. The molecule has 0 atom stereocenters. The molecule has 120 valence electrons. The Bertz CT molecular complexity index is 511. The summed E-state index contributed by atoms with van der Waals surface area (Å²) in [5.41, 5.74) is 0. The Hall–Kier alpha value is -1.66. The molecule has 2 rings (SSSR count). The molecule has 0 spiro atoms. The summed E-state index contributed by atoms with van der Waals surface area (Å²) in [5.74, 6) is 0.00125. The van der Waals surface area contributed by atoms with E-state index in [2.05, 4.69) is 11.9 Å². The molecule has 1 aromatic heterocycles. The first kappa shape index (κ1) is 16.7. The first-order valence-electron chi connectivity index (χ1n) is 7.47. The first-order valence-corrected chi connectivity index (χ1v) is 8.35. The summed E-state index contributed by atoms with van der Waals surface area (Å²) in [6.45, 7) is 5.30. The van der Waals surface area contributed by atoms with Gasteiger partial charge in [0.25, 0.3) is 0 Å². The predicted molar refractivity (Wildman–Crippen MR) is 88.6 cm³/mol. The second-order valence-corrected chi connectivity index (χ2v) is 6.69. The maximum atomic E-state index is 12.4. The number of likely N-dealkylation sites (N-methyl/N-ethyl adjacent to an activating group) is 1. The van der Waals surface area contributed by atoms with Crippen molar-refractivity contribution in [1.29, 1.82) is 0 Å². The molecule has 0 radical (unpaired) electrons. The summed E-state index contributed by atoms with van der Waals surface area (Å²) < 4.78 is 0. The van der Waals surface area contributed by atoms with Gasteiger partial charge in [0.1, 0.15) is 0 Å². The van der Waals surface area contributed by atoms with Crippen LogP contribution in [-0.4, -0.2) is 54.3 Å². The van der Waals surface area contributed by atoms with Gasteiger partial charge in [-0.25, -0.2) is 0 Å². The molecule has 1 heterocycles. The molecular formula is C16H23N3O2S. The van der Waals surface area contributed by atoms with Crippen molar-refractivity contribution < 1.29 is 9.59 Å². The number of rotatable bonds is 9. The van der Waals surface area contributed by atoms with Gasteiger partial charge in [-0.05, 0) is 31.3 Å². The van der Waals surface area contributed by atoms with Gasteiger partial charge in [-0.1, -0.05) is 12.1 Å². The number of hydrogen-bond donors (Lipinski definition) is 1. The molecule has 1 fully saturated rings.